The predicted molar refractivity (Wildman–Crippen MR) is 59.3 cm³/mol. The maximum atomic E-state index is 5.71. The second-order valence-electron chi connectivity index (χ2n) is 4.74. The van der Waals surface area contributed by atoms with Crippen molar-refractivity contribution in [3.63, 3.8) is 0 Å². The van der Waals surface area contributed by atoms with Gasteiger partial charge in [0.25, 0.3) is 0 Å². The van der Waals surface area contributed by atoms with Crippen molar-refractivity contribution in [3.8, 4) is 0 Å². The van der Waals surface area contributed by atoms with E-state index in [4.69, 9.17) is 5.73 Å². The molecule has 2 rings (SSSR count). The normalized spacial score (nSPS) is 28.7. The van der Waals surface area contributed by atoms with E-state index in [0.29, 0.717) is 6.04 Å². The minimum atomic E-state index is 0.564. The van der Waals surface area contributed by atoms with Gasteiger partial charge in [-0.05, 0) is 39.3 Å². The molecule has 1 atom stereocenters. The van der Waals surface area contributed by atoms with Crippen molar-refractivity contribution in [2.75, 3.05) is 32.7 Å². The third-order valence-corrected chi connectivity index (χ3v) is 3.59. The molecular formula is C11H23N3. The van der Waals surface area contributed by atoms with Crippen molar-refractivity contribution in [3.05, 3.63) is 0 Å². The van der Waals surface area contributed by atoms with E-state index in [1.54, 1.807) is 0 Å². The minimum Gasteiger partial charge on any atom is -0.329 e. The van der Waals surface area contributed by atoms with Gasteiger partial charge in [0.05, 0.1) is 0 Å². The first-order valence-corrected chi connectivity index (χ1v) is 5.99. The molecule has 0 spiro atoms. The number of hydrogen-bond acceptors (Lipinski definition) is 3. The second kappa shape index (κ2) is 4.60. The van der Waals surface area contributed by atoms with Crippen LogP contribution in [0.2, 0.25) is 0 Å². The molecule has 1 unspecified atom stereocenters. The summed E-state index contributed by atoms with van der Waals surface area (Å²) in [4.78, 5) is 5.21. The third kappa shape index (κ3) is 2.47. The lowest BCUT2D eigenvalue weighted by molar-refractivity contribution is 0.210. The van der Waals surface area contributed by atoms with E-state index >= 15 is 0 Å². The van der Waals surface area contributed by atoms with Crippen LogP contribution in [-0.2, 0) is 0 Å². The van der Waals surface area contributed by atoms with Gasteiger partial charge in [0, 0.05) is 31.7 Å². The highest BCUT2D eigenvalue weighted by Crippen LogP contribution is 2.27. The maximum absolute atomic E-state index is 5.71. The number of rotatable bonds is 3. The zero-order chi connectivity index (χ0) is 9.97. The molecule has 2 N–H and O–H groups in total. The van der Waals surface area contributed by atoms with Crippen LogP contribution in [0, 0.1) is 0 Å². The Morgan fingerprint density at radius 3 is 2.64 bits per heavy atom. The van der Waals surface area contributed by atoms with Gasteiger partial charge in [0.15, 0.2) is 0 Å². The zero-order valence-corrected chi connectivity index (χ0v) is 9.28. The van der Waals surface area contributed by atoms with E-state index in [0.717, 1.165) is 12.6 Å². The second-order valence-corrected chi connectivity index (χ2v) is 4.74. The summed E-state index contributed by atoms with van der Waals surface area (Å²) in [5.74, 6) is 0. The van der Waals surface area contributed by atoms with Gasteiger partial charge in [-0.15, -0.1) is 0 Å². The molecule has 0 amide bonds. The first-order chi connectivity index (χ1) is 6.81. The highest BCUT2D eigenvalue weighted by Gasteiger charge is 2.30. The lowest BCUT2D eigenvalue weighted by Gasteiger charge is -2.26. The lowest BCUT2D eigenvalue weighted by atomic mass is 10.2. The third-order valence-electron chi connectivity index (χ3n) is 3.59. The molecule has 3 nitrogen and oxygen atoms in total. The maximum Gasteiger partial charge on any atom is 0.0190 e. The SMILES string of the molecule is CC(CN)N1CCCN(C2CC2)CC1. The summed E-state index contributed by atoms with van der Waals surface area (Å²) in [5.41, 5.74) is 5.71. The van der Waals surface area contributed by atoms with Crippen LogP contribution in [0.3, 0.4) is 0 Å². The van der Waals surface area contributed by atoms with Crippen LogP contribution >= 0.6 is 0 Å². The van der Waals surface area contributed by atoms with Crippen molar-refractivity contribution >= 4 is 0 Å². The van der Waals surface area contributed by atoms with E-state index in [2.05, 4.69) is 16.7 Å². The molecule has 1 aliphatic heterocycles. The molecule has 0 aromatic rings. The molecule has 82 valence electrons. The molecule has 0 aromatic carbocycles. The van der Waals surface area contributed by atoms with Crippen LogP contribution in [0.5, 0.6) is 0 Å². The average Bonchev–Trinajstić information content (AvgIpc) is 3.01. The largest absolute Gasteiger partial charge is 0.329 e. The predicted octanol–water partition coefficient (Wildman–Crippen LogP) is 0.504. The van der Waals surface area contributed by atoms with Gasteiger partial charge in [0.2, 0.25) is 0 Å². The van der Waals surface area contributed by atoms with E-state index < -0.39 is 0 Å². The molecule has 1 heterocycles. The van der Waals surface area contributed by atoms with Crippen LogP contribution in [0.4, 0.5) is 0 Å². The summed E-state index contributed by atoms with van der Waals surface area (Å²) < 4.78 is 0. The first kappa shape index (κ1) is 10.4. The fraction of sp³-hybridized carbons (Fsp3) is 1.00. The van der Waals surface area contributed by atoms with Crippen molar-refractivity contribution in [2.45, 2.75) is 38.3 Å². The molecule has 0 bridgehead atoms. The Morgan fingerprint density at radius 2 is 2.00 bits per heavy atom. The standard InChI is InChI=1S/C11H23N3/c1-10(9-12)13-5-2-6-14(8-7-13)11-3-4-11/h10-11H,2-9,12H2,1H3. The van der Waals surface area contributed by atoms with E-state index in [-0.39, 0.29) is 0 Å². The van der Waals surface area contributed by atoms with Crippen LogP contribution in [-0.4, -0.2) is 54.6 Å². The van der Waals surface area contributed by atoms with Crippen molar-refractivity contribution in [2.24, 2.45) is 5.73 Å². The summed E-state index contributed by atoms with van der Waals surface area (Å²) in [6.45, 7) is 8.06. The molecule has 0 radical (unpaired) electrons. The highest BCUT2D eigenvalue weighted by atomic mass is 15.3. The van der Waals surface area contributed by atoms with Gasteiger partial charge in [-0.25, -0.2) is 0 Å². The fourth-order valence-corrected chi connectivity index (χ4v) is 2.35. The monoisotopic (exact) mass is 197 g/mol. The molecule has 2 aliphatic rings. The topological polar surface area (TPSA) is 32.5 Å². The highest BCUT2D eigenvalue weighted by molar-refractivity contribution is 4.87. The van der Waals surface area contributed by atoms with Gasteiger partial charge >= 0.3 is 0 Å². The number of nitrogens with two attached hydrogens (primary N) is 1. The molecule has 1 saturated carbocycles. The van der Waals surface area contributed by atoms with Gasteiger partial charge in [0.1, 0.15) is 0 Å². The fourth-order valence-electron chi connectivity index (χ4n) is 2.35. The Morgan fingerprint density at radius 1 is 1.21 bits per heavy atom. The van der Waals surface area contributed by atoms with Crippen LogP contribution in [0.1, 0.15) is 26.2 Å². The Hall–Kier alpha value is -0.120. The smallest absolute Gasteiger partial charge is 0.0190 e. The van der Waals surface area contributed by atoms with Gasteiger partial charge in [-0.2, -0.15) is 0 Å². The summed E-state index contributed by atoms with van der Waals surface area (Å²) in [6, 6.07) is 1.50. The summed E-state index contributed by atoms with van der Waals surface area (Å²) in [5, 5.41) is 0. The zero-order valence-electron chi connectivity index (χ0n) is 9.28. The number of nitrogens with zero attached hydrogens (tertiary/aromatic N) is 2. The van der Waals surface area contributed by atoms with E-state index in [1.165, 1.54) is 45.4 Å². The molecule has 1 aliphatic carbocycles. The van der Waals surface area contributed by atoms with Gasteiger partial charge in [-0.3, -0.25) is 9.80 Å². The Bertz CT molecular complexity index is 179. The molecule has 14 heavy (non-hydrogen) atoms. The molecule has 1 saturated heterocycles. The molecular weight excluding hydrogens is 174 g/mol. The number of hydrogen-bond donors (Lipinski definition) is 1. The van der Waals surface area contributed by atoms with Crippen molar-refractivity contribution in [1.82, 2.24) is 9.80 Å². The Kier molecular flexibility index (Phi) is 3.42. The summed E-state index contributed by atoms with van der Waals surface area (Å²) in [7, 11) is 0. The average molecular weight is 197 g/mol. The molecule has 0 aromatic heterocycles. The van der Waals surface area contributed by atoms with Gasteiger partial charge in [-0.1, -0.05) is 0 Å². The Labute approximate surface area is 87.2 Å². The van der Waals surface area contributed by atoms with E-state index in [9.17, 15) is 0 Å². The van der Waals surface area contributed by atoms with Crippen molar-refractivity contribution < 1.29 is 0 Å². The lowest BCUT2D eigenvalue weighted by Crippen LogP contribution is -2.41. The quantitative estimate of drug-likeness (QED) is 0.715. The molecule has 2 fully saturated rings. The van der Waals surface area contributed by atoms with Crippen LogP contribution in [0.25, 0.3) is 0 Å². The van der Waals surface area contributed by atoms with Gasteiger partial charge < -0.3 is 5.73 Å². The molecule has 3 heteroatoms. The minimum absolute atomic E-state index is 0.564. The summed E-state index contributed by atoms with van der Waals surface area (Å²) >= 11 is 0. The van der Waals surface area contributed by atoms with Crippen LogP contribution < -0.4 is 5.73 Å². The Balaban J connectivity index is 1.81. The summed E-state index contributed by atoms with van der Waals surface area (Å²) in [6.07, 6.45) is 4.19. The first-order valence-electron chi connectivity index (χ1n) is 5.99. The van der Waals surface area contributed by atoms with Crippen molar-refractivity contribution in [1.29, 1.82) is 0 Å². The van der Waals surface area contributed by atoms with E-state index in [1.807, 2.05) is 0 Å². The van der Waals surface area contributed by atoms with Crippen LogP contribution in [0.15, 0.2) is 0 Å².